The maximum Gasteiger partial charge on any atom is 0.342 e. The molecule has 0 bridgehead atoms. The van der Waals surface area contributed by atoms with Gasteiger partial charge in [0.1, 0.15) is 11.4 Å². The van der Waals surface area contributed by atoms with Gasteiger partial charge in [-0.3, -0.25) is 4.79 Å². The third kappa shape index (κ3) is 4.67. The Bertz CT molecular complexity index is 909. The summed E-state index contributed by atoms with van der Waals surface area (Å²) >= 11 is 6.07. The van der Waals surface area contributed by atoms with Crippen LogP contribution in [-0.4, -0.2) is 67.6 Å². The molecule has 2 aliphatic rings. The van der Waals surface area contributed by atoms with Crippen LogP contribution in [0.5, 0.6) is 0 Å². The fourth-order valence-electron chi connectivity index (χ4n) is 3.92. The van der Waals surface area contributed by atoms with Gasteiger partial charge in [0.2, 0.25) is 0 Å². The maximum absolute atomic E-state index is 12.6. The van der Waals surface area contributed by atoms with Crippen molar-refractivity contribution in [2.45, 2.75) is 12.8 Å². The normalized spacial score (nSPS) is 16.6. The number of carbonyl (C=O) groups excluding carboxylic acids is 2. The molecule has 2 saturated heterocycles. The van der Waals surface area contributed by atoms with E-state index in [2.05, 4.69) is 14.8 Å². The molecule has 1 aromatic carbocycles. The largest absolute Gasteiger partial charge is 0.452 e. The average Bonchev–Trinajstić information content (AvgIpc) is 3.32. The number of hydrogen-bond donors (Lipinski definition) is 0. The Hall–Kier alpha value is -2.80. The first-order chi connectivity index (χ1) is 14.6. The highest BCUT2D eigenvalue weighted by Crippen LogP contribution is 2.23. The zero-order valence-corrected chi connectivity index (χ0v) is 17.6. The van der Waals surface area contributed by atoms with E-state index in [0.29, 0.717) is 42.6 Å². The summed E-state index contributed by atoms with van der Waals surface area (Å²) in [6.07, 6.45) is 3.85. The molecule has 2 aliphatic heterocycles. The van der Waals surface area contributed by atoms with Crippen LogP contribution >= 0.6 is 11.6 Å². The van der Waals surface area contributed by atoms with E-state index in [1.807, 2.05) is 24.3 Å². The minimum atomic E-state index is -0.504. The molecule has 7 nitrogen and oxygen atoms in total. The quantitative estimate of drug-likeness (QED) is 0.682. The van der Waals surface area contributed by atoms with E-state index in [9.17, 15) is 9.59 Å². The van der Waals surface area contributed by atoms with Gasteiger partial charge in [0.05, 0.1) is 0 Å². The number of benzene rings is 1. The first-order valence-electron chi connectivity index (χ1n) is 10.3. The van der Waals surface area contributed by atoms with Crippen LogP contribution in [-0.2, 0) is 9.53 Å². The van der Waals surface area contributed by atoms with Gasteiger partial charge in [-0.2, -0.15) is 0 Å². The van der Waals surface area contributed by atoms with Gasteiger partial charge in [-0.05, 0) is 43.2 Å². The van der Waals surface area contributed by atoms with Crippen molar-refractivity contribution in [3.63, 3.8) is 0 Å². The van der Waals surface area contributed by atoms with E-state index in [1.54, 1.807) is 23.2 Å². The topological polar surface area (TPSA) is 66.0 Å². The molecule has 0 saturated carbocycles. The van der Waals surface area contributed by atoms with Crippen molar-refractivity contribution < 1.29 is 14.3 Å². The summed E-state index contributed by atoms with van der Waals surface area (Å²) in [7, 11) is 0. The zero-order valence-electron chi connectivity index (χ0n) is 16.8. The molecule has 8 heteroatoms. The SMILES string of the molecule is O=C(OCC(=O)N1CCN(c2cccc(Cl)c2)CC1)c1cccnc1N1CCCC1. The molecule has 1 aromatic heterocycles. The number of amides is 1. The number of esters is 1. The third-order valence-electron chi connectivity index (χ3n) is 5.54. The fourth-order valence-corrected chi connectivity index (χ4v) is 4.10. The number of hydrogen-bond acceptors (Lipinski definition) is 6. The van der Waals surface area contributed by atoms with Crippen molar-refractivity contribution >= 4 is 35.0 Å². The van der Waals surface area contributed by atoms with Gasteiger partial charge in [-0.25, -0.2) is 9.78 Å². The lowest BCUT2D eigenvalue weighted by molar-refractivity contribution is -0.134. The second kappa shape index (κ2) is 9.34. The molecule has 0 radical (unpaired) electrons. The minimum Gasteiger partial charge on any atom is -0.452 e. The predicted molar refractivity (Wildman–Crippen MR) is 116 cm³/mol. The lowest BCUT2D eigenvalue weighted by Crippen LogP contribution is -2.49. The van der Waals surface area contributed by atoms with Crippen LogP contribution in [0.3, 0.4) is 0 Å². The van der Waals surface area contributed by atoms with Crippen LogP contribution in [0.2, 0.25) is 5.02 Å². The van der Waals surface area contributed by atoms with Crippen molar-refractivity contribution in [1.82, 2.24) is 9.88 Å². The summed E-state index contributed by atoms with van der Waals surface area (Å²) in [5.41, 5.74) is 1.46. The molecule has 2 aromatic rings. The van der Waals surface area contributed by atoms with Crippen LogP contribution in [0.1, 0.15) is 23.2 Å². The van der Waals surface area contributed by atoms with Crippen LogP contribution in [0.4, 0.5) is 11.5 Å². The number of carbonyl (C=O) groups is 2. The lowest BCUT2D eigenvalue weighted by atomic mass is 10.2. The molecule has 3 heterocycles. The Labute approximate surface area is 181 Å². The Morgan fingerprint density at radius 2 is 1.73 bits per heavy atom. The molecule has 0 unspecified atom stereocenters. The standard InChI is InChI=1S/C22H25ClN4O3/c23-17-5-3-6-18(15-17)25-11-13-26(14-12-25)20(28)16-30-22(29)19-7-4-8-24-21(19)27-9-1-2-10-27/h3-8,15H,1-2,9-14,16H2. The number of rotatable bonds is 5. The average molecular weight is 429 g/mol. The lowest BCUT2D eigenvalue weighted by Gasteiger charge is -2.36. The summed E-state index contributed by atoms with van der Waals surface area (Å²) in [6, 6.07) is 11.1. The van der Waals surface area contributed by atoms with Crippen molar-refractivity contribution in [3.8, 4) is 0 Å². The van der Waals surface area contributed by atoms with Gasteiger partial charge >= 0.3 is 5.97 Å². The van der Waals surface area contributed by atoms with Crippen molar-refractivity contribution in [3.05, 3.63) is 53.2 Å². The molecule has 0 aliphatic carbocycles. The third-order valence-corrected chi connectivity index (χ3v) is 5.78. The van der Waals surface area contributed by atoms with E-state index in [1.165, 1.54) is 0 Å². The van der Waals surface area contributed by atoms with Gasteiger partial charge in [0.15, 0.2) is 6.61 Å². The first kappa shape index (κ1) is 20.5. The summed E-state index contributed by atoms with van der Waals surface area (Å²) in [6.45, 7) is 4.08. The summed E-state index contributed by atoms with van der Waals surface area (Å²) < 4.78 is 5.34. The van der Waals surface area contributed by atoms with Gasteiger partial charge in [0, 0.05) is 56.2 Å². The van der Waals surface area contributed by atoms with Crippen LogP contribution in [0.15, 0.2) is 42.6 Å². The molecule has 1 amide bonds. The Morgan fingerprint density at radius 3 is 2.47 bits per heavy atom. The van der Waals surface area contributed by atoms with Crippen LogP contribution in [0, 0.1) is 0 Å². The molecule has 0 spiro atoms. The molecular formula is C22H25ClN4O3. The molecule has 0 N–H and O–H groups in total. The molecule has 4 rings (SSSR count). The minimum absolute atomic E-state index is 0.180. The van der Waals surface area contributed by atoms with E-state index in [4.69, 9.17) is 16.3 Å². The van der Waals surface area contributed by atoms with E-state index in [0.717, 1.165) is 31.6 Å². The number of aromatic nitrogens is 1. The van der Waals surface area contributed by atoms with E-state index in [-0.39, 0.29) is 12.5 Å². The Kier molecular flexibility index (Phi) is 6.38. The van der Waals surface area contributed by atoms with E-state index >= 15 is 0 Å². The molecular weight excluding hydrogens is 404 g/mol. The number of ether oxygens (including phenoxy) is 1. The maximum atomic E-state index is 12.6. The van der Waals surface area contributed by atoms with Gasteiger partial charge < -0.3 is 19.4 Å². The number of piperazine rings is 1. The number of anilines is 2. The molecule has 30 heavy (non-hydrogen) atoms. The van der Waals surface area contributed by atoms with Gasteiger partial charge in [-0.15, -0.1) is 0 Å². The second-order valence-corrected chi connectivity index (χ2v) is 7.93. The highest BCUT2D eigenvalue weighted by Gasteiger charge is 2.25. The van der Waals surface area contributed by atoms with Crippen molar-refractivity contribution in [1.29, 1.82) is 0 Å². The molecule has 2 fully saturated rings. The Balaban J connectivity index is 1.30. The van der Waals surface area contributed by atoms with E-state index < -0.39 is 5.97 Å². The van der Waals surface area contributed by atoms with Crippen LogP contribution < -0.4 is 9.80 Å². The van der Waals surface area contributed by atoms with Crippen LogP contribution in [0.25, 0.3) is 0 Å². The molecule has 0 atom stereocenters. The highest BCUT2D eigenvalue weighted by molar-refractivity contribution is 6.30. The number of pyridine rings is 1. The smallest absolute Gasteiger partial charge is 0.342 e. The highest BCUT2D eigenvalue weighted by atomic mass is 35.5. The zero-order chi connectivity index (χ0) is 20.9. The molecule has 158 valence electrons. The van der Waals surface area contributed by atoms with Crippen molar-refractivity contribution in [2.24, 2.45) is 0 Å². The monoisotopic (exact) mass is 428 g/mol. The second-order valence-electron chi connectivity index (χ2n) is 7.49. The summed E-state index contributed by atoms with van der Waals surface area (Å²) in [5, 5.41) is 0.696. The van der Waals surface area contributed by atoms with Gasteiger partial charge in [-0.1, -0.05) is 17.7 Å². The summed E-state index contributed by atoms with van der Waals surface area (Å²) in [5.74, 6) is -0.0424. The number of halogens is 1. The predicted octanol–water partition coefficient (Wildman–Crippen LogP) is 2.84. The van der Waals surface area contributed by atoms with Crippen molar-refractivity contribution in [2.75, 3.05) is 55.7 Å². The number of nitrogens with zero attached hydrogens (tertiary/aromatic N) is 4. The van der Waals surface area contributed by atoms with Gasteiger partial charge in [0.25, 0.3) is 5.91 Å². The summed E-state index contributed by atoms with van der Waals surface area (Å²) in [4.78, 5) is 35.5. The fraction of sp³-hybridized carbons (Fsp3) is 0.409. The Morgan fingerprint density at radius 1 is 0.967 bits per heavy atom. The first-order valence-corrected chi connectivity index (χ1v) is 10.6.